The molecule has 1 heterocycles. The van der Waals surface area contributed by atoms with E-state index in [4.69, 9.17) is 5.73 Å². The fraction of sp³-hybridized carbons (Fsp3) is 0.214. The molecule has 0 saturated carbocycles. The summed E-state index contributed by atoms with van der Waals surface area (Å²) >= 11 is 1.80. The number of aryl methyl sites for hydroxylation is 2. The second-order valence-electron chi connectivity index (χ2n) is 3.95. The number of aromatic nitrogens is 1. The van der Waals surface area contributed by atoms with Crippen LogP contribution in [0, 0.1) is 6.92 Å². The topological polar surface area (TPSA) is 38.9 Å². The van der Waals surface area contributed by atoms with Gasteiger partial charge in [-0.15, -0.1) is 11.8 Å². The molecule has 0 amide bonds. The highest BCUT2D eigenvalue weighted by molar-refractivity contribution is 7.99. The van der Waals surface area contributed by atoms with Crippen molar-refractivity contribution in [1.82, 2.24) is 4.98 Å². The van der Waals surface area contributed by atoms with Crippen molar-refractivity contribution >= 4 is 17.4 Å². The molecule has 0 aliphatic rings. The van der Waals surface area contributed by atoms with Crippen LogP contribution >= 0.6 is 11.8 Å². The summed E-state index contributed by atoms with van der Waals surface area (Å²) in [5.41, 5.74) is 9.35. The lowest BCUT2D eigenvalue weighted by molar-refractivity contribution is 1.11. The second-order valence-corrected chi connectivity index (χ2v) is 5.08. The fourth-order valence-electron chi connectivity index (χ4n) is 1.60. The predicted octanol–water partition coefficient (Wildman–Crippen LogP) is 3.31. The Hall–Kier alpha value is -1.48. The first kappa shape index (κ1) is 12.0. The molecule has 0 fully saturated rings. The van der Waals surface area contributed by atoms with E-state index < -0.39 is 0 Å². The van der Waals surface area contributed by atoms with Crippen LogP contribution in [0.5, 0.6) is 0 Å². The normalized spacial score (nSPS) is 10.4. The zero-order chi connectivity index (χ0) is 12.1. The molecule has 0 unspecified atom stereocenters. The van der Waals surface area contributed by atoms with Gasteiger partial charge in [0.05, 0.1) is 0 Å². The molecule has 0 bridgehead atoms. The standard InChI is InChI=1S/C14H16N2S/c1-11-4-2-6-13(14(11)15)17-9-7-12-5-3-8-16-10-12/h2-6,8,10H,7,9,15H2,1H3. The van der Waals surface area contributed by atoms with Gasteiger partial charge < -0.3 is 5.73 Å². The number of pyridine rings is 1. The molecule has 0 atom stereocenters. The van der Waals surface area contributed by atoms with Gasteiger partial charge in [-0.05, 0) is 36.6 Å². The van der Waals surface area contributed by atoms with Gasteiger partial charge in [0.1, 0.15) is 0 Å². The minimum Gasteiger partial charge on any atom is -0.398 e. The Kier molecular flexibility index (Phi) is 4.04. The quantitative estimate of drug-likeness (QED) is 0.662. The number of thioether (sulfide) groups is 1. The summed E-state index contributed by atoms with van der Waals surface area (Å²) in [5.74, 6) is 1.03. The third kappa shape index (κ3) is 3.24. The van der Waals surface area contributed by atoms with Crippen molar-refractivity contribution in [2.75, 3.05) is 11.5 Å². The van der Waals surface area contributed by atoms with Gasteiger partial charge in [-0.25, -0.2) is 0 Å². The monoisotopic (exact) mass is 244 g/mol. The van der Waals surface area contributed by atoms with E-state index in [2.05, 4.69) is 23.2 Å². The Balaban J connectivity index is 1.93. The van der Waals surface area contributed by atoms with Gasteiger partial charge in [-0.2, -0.15) is 0 Å². The van der Waals surface area contributed by atoms with Crippen LogP contribution in [0.2, 0.25) is 0 Å². The highest BCUT2D eigenvalue weighted by Crippen LogP contribution is 2.27. The van der Waals surface area contributed by atoms with Crippen molar-refractivity contribution in [3.8, 4) is 0 Å². The maximum atomic E-state index is 6.03. The van der Waals surface area contributed by atoms with Crippen LogP contribution in [0.3, 0.4) is 0 Å². The summed E-state index contributed by atoms with van der Waals surface area (Å²) in [7, 11) is 0. The number of rotatable bonds is 4. The molecule has 88 valence electrons. The molecule has 0 aliphatic heterocycles. The first-order valence-corrected chi connectivity index (χ1v) is 6.63. The first-order valence-electron chi connectivity index (χ1n) is 5.64. The number of anilines is 1. The van der Waals surface area contributed by atoms with E-state index in [9.17, 15) is 0 Å². The van der Waals surface area contributed by atoms with E-state index in [1.807, 2.05) is 25.3 Å². The fourth-order valence-corrected chi connectivity index (χ4v) is 2.65. The molecule has 0 saturated heterocycles. The largest absolute Gasteiger partial charge is 0.398 e. The first-order chi connectivity index (χ1) is 8.27. The number of nitrogens with zero attached hydrogens (tertiary/aromatic N) is 1. The third-order valence-corrected chi connectivity index (χ3v) is 3.73. The molecule has 0 spiro atoms. The average molecular weight is 244 g/mol. The van der Waals surface area contributed by atoms with Crippen molar-refractivity contribution in [2.45, 2.75) is 18.2 Å². The number of nitrogen functional groups attached to an aromatic ring is 1. The van der Waals surface area contributed by atoms with Crippen LogP contribution in [0.4, 0.5) is 5.69 Å². The summed E-state index contributed by atoms with van der Waals surface area (Å²) in [4.78, 5) is 5.28. The Morgan fingerprint density at radius 1 is 1.24 bits per heavy atom. The van der Waals surface area contributed by atoms with Gasteiger partial charge in [0, 0.05) is 28.7 Å². The Labute approximate surface area is 106 Å². The van der Waals surface area contributed by atoms with Gasteiger partial charge in [-0.3, -0.25) is 4.98 Å². The lowest BCUT2D eigenvalue weighted by Crippen LogP contribution is -1.94. The second kappa shape index (κ2) is 5.73. The summed E-state index contributed by atoms with van der Waals surface area (Å²) in [6.07, 6.45) is 4.74. The Bertz CT molecular complexity index is 483. The van der Waals surface area contributed by atoms with E-state index in [0.29, 0.717) is 0 Å². The number of hydrogen-bond acceptors (Lipinski definition) is 3. The van der Waals surface area contributed by atoms with Crippen molar-refractivity contribution in [1.29, 1.82) is 0 Å². The zero-order valence-electron chi connectivity index (χ0n) is 9.89. The lowest BCUT2D eigenvalue weighted by atomic mass is 10.2. The van der Waals surface area contributed by atoms with Gasteiger partial charge in [0.25, 0.3) is 0 Å². The highest BCUT2D eigenvalue weighted by atomic mass is 32.2. The van der Waals surface area contributed by atoms with Gasteiger partial charge in [0.15, 0.2) is 0 Å². The molecule has 0 aliphatic carbocycles. The SMILES string of the molecule is Cc1cccc(SCCc2cccnc2)c1N. The molecule has 17 heavy (non-hydrogen) atoms. The summed E-state index contributed by atoms with van der Waals surface area (Å²) in [6.45, 7) is 2.04. The van der Waals surface area contributed by atoms with Gasteiger partial charge >= 0.3 is 0 Å². The minimum atomic E-state index is 0.906. The van der Waals surface area contributed by atoms with Crippen LogP contribution in [-0.2, 0) is 6.42 Å². The molecule has 2 aromatic rings. The minimum absolute atomic E-state index is 0.906. The molecule has 2 rings (SSSR count). The maximum Gasteiger partial charge on any atom is 0.0481 e. The Morgan fingerprint density at radius 3 is 2.88 bits per heavy atom. The number of benzene rings is 1. The maximum absolute atomic E-state index is 6.03. The molecule has 1 aromatic carbocycles. The Morgan fingerprint density at radius 2 is 2.12 bits per heavy atom. The molecule has 2 nitrogen and oxygen atoms in total. The summed E-state index contributed by atoms with van der Waals surface area (Å²) in [5, 5.41) is 0. The van der Waals surface area contributed by atoms with Crippen LogP contribution < -0.4 is 5.73 Å². The third-order valence-electron chi connectivity index (χ3n) is 2.66. The number of hydrogen-bond donors (Lipinski definition) is 1. The van der Waals surface area contributed by atoms with E-state index in [-0.39, 0.29) is 0 Å². The summed E-state index contributed by atoms with van der Waals surface area (Å²) in [6, 6.07) is 10.3. The molecule has 2 N–H and O–H groups in total. The highest BCUT2D eigenvalue weighted by Gasteiger charge is 2.02. The predicted molar refractivity (Wildman–Crippen MR) is 74.3 cm³/mol. The van der Waals surface area contributed by atoms with E-state index in [0.717, 1.165) is 23.4 Å². The van der Waals surface area contributed by atoms with Gasteiger partial charge in [-0.1, -0.05) is 18.2 Å². The molecular weight excluding hydrogens is 228 g/mol. The molecular formula is C14H16N2S. The molecule has 1 aromatic heterocycles. The van der Waals surface area contributed by atoms with Crippen LogP contribution in [0.1, 0.15) is 11.1 Å². The molecule has 0 radical (unpaired) electrons. The lowest BCUT2D eigenvalue weighted by Gasteiger charge is -2.07. The van der Waals surface area contributed by atoms with E-state index in [1.165, 1.54) is 10.5 Å². The summed E-state index contributed by atoms with van der Waals surface area (Å²) < 4.78 is 0. The van der Waals surface area contributed by atoms with Crippen molar-refractivity contribution in [3.05, 3.63) is 53.9 Å². The van der Waals surface area contributed by atoms with Crippen molar-refractivity contribution < 1.29 is 0 Å². The van der Waals surface area contributed by atoms with Crippen molar-refractivity contribution in [3.63, 3.8) is 0 Å². The van der Waals surface area contributed by atoms with Gasteiger partial charge in [0.2, 0.25) is 0 Å². The average Bonchev–Trinajstić information content (AvgIpc) is 2.36. The number of nitrogens with two attached hydrogens (primary N) is 1. The van der Waals surface area contributed by atoms with Crippen LogP contribution in [0.25, 0.3) is 0 Å². The smallest absolute Gasteiger partial charge is 0.0481 e. The van der Waals surface area contributed by atoms with Crippen LogP contribution in [-0.4, -0.2) is 10.7 Å². The van der Waals surface area contributed by atoms with E-state index in [1.54, 1.807) is 18.0 Å². The zero-order valence-corrected chi connectivity index (χ0v) is 10.7. The van der Waals surface area contributed by atoms with E-state index >= 15 is 0 Å². The number of para-hydroxylation sites is 1. The van der Waals surface area contributed by atoms with Crippen LogP contribution in [0.15, 0.2) is 47.6 Å². The van der Waals surface area contributed by atoms with Crippen molar-refractivity contribution in [2.24, 2.45) is 0 Å². The molecule has 3 heteroatoms.